The van der Waals surface area contributed by atoms with Crippen LogP contribution in [0.5, 0.6) is 5.75 Å². The molecule has 4 aromatic rings. The van der Waals surface area contributed by atoms with E-state index >= 15 is 0 Å². The van der Waals surface area contributed by atoms with Gasteiger partial charge in [-0.15, -0.1) is 0 Å². The Kier molecular flexibility index (Phi) is 5.67. The molecule has 0 radical (unpaired) electrons. The first-order chi connectivity index (χ1) is 15.6. The maximum absolute atomic E-state index is 13.1. The minimum absolute atomic E-state index is 0.0864. The standard InChI is InChI=1S/C24H24N4O4S/c1-24(2,3)18-7-9-20(32-4)21(15-18)33(30,31)27-23(29)17-6-8-19-16(14-17)10-12-25-22(19)28-13-5-11-26-28/h5-15H,1-4H3,(H,27,29). The van der Waals surface area contributed by atoms with Crippen molar-refractivity contribution in [3.8, 4) is 11.6 Å². The molecule has 0 bridgehead atoms. The molecule has 0 saturated heterocycles. The summed E-state index contributed by atoms with van der Waals surface area (Å²) in [6.07, 6.45) is 5.03. The van der Waals surface area contributed by atoms with Crippen molar-refractivity contribution in [1.29, 1.82) is 0 Å². The molecule has 0 unspecified atom stereocenters. The summed E-state index contributed by atoms with van der Waals surface area (Å²) in [6.45, 7) is 5.93. The maximum Gasteiger partial charge on any atom is 0.268 e. The van der Waals surface area contributed by atoms with Crippen LogP contribution in [0.4, 0.5) is 0 Å². The van der Waals surface area contributed by atoms with Gasteiger partial charge in [0.15, 0.2) is 5.82 Å². The van der Waals surface area contributed by atoms with Crippen molar-refractivity contribution in [2.24, 2.45) is 0 Å². The minimum Gasteiger partial charge on any atom is -0.495 e. The van der Waals surface area contributed by atoms with Crippen LogP contribution in [0.15, 0.2) is 72.0 Å². The van der Waals surface area contributed by atoms with Crippen LogP contribution in [0.2, 0.25) is 0 Å². The highest BCUT2D eigenvalue weighted by molar-refractivity contribution is 7.90. The number of hydrogen-bond acceptors (Lipinski definition) is 6. The quantitative estimate of drug-likeness (QED) is 0.481. The smallest absolute Gasteiger partial charge is 0.268 e. The number of pyridine rings is 1. The van der Waals surface area contributed by atoms with Crippen molar-refractivity contribution in [2.45, 2.75) is 31.1 Å². The Hall–Kier alpha value is -3.72. The third kappa shape index (κ3) is 4.45. The zero-order valence-corrected chi connectivity index (χ0v) is 19.6. The molecule has 2 heterocycles. The van der Waals surface area contributed by atoms with E-state index in [9.17, 15) is 13.2 Å². The summed E-state index contributed by atoms with van der Waals surface area (Å²) in [5.74, 6) is 0.0372. The van der Waals surface area contributed by atoms with E-state index in [1.807, 2.05) is 26.8 Å². The average Bonchev–Trinajstić information content (AvgIpc) is 3.31. The van der Waals surface area contributed by atoms with E-state index in [0.717, 1.165) is 16.3 Å². The van der Waals surface area contributed by atoms with Crippen LogP contribution in [0, 0.1) is 0 Å². The molecule has 0 fully saturated rings. The molecule has 0 aliphatic heterocycles. The average molecular weight is 465 g/mol. The van der Waals surface area contributed by atoms with Gasteiger partial charge >= 0.3 is 0 Å². The number of carbonyl (C=O) groups is 1. The molecule has 8 nitrogen and oxygen atoms in total. The zero-order chi connectivity index (χ0) is 23.8. The van der Waals surface area contributed by atoms with Gasteiger partial charge in [-0.1, -0.05) is 26.8 Å². The zero-order valence-electron chi connectivity index (χ0n) is 18.7. The molecule has 1 N–H and O–H groups in total. The van der Waals surface area contributed by atoms with Gasteiger partial charge in [-0.05, 0) is 58.8 Å². The number of nitrogens with one attached hydrogen (secondary N) is 1. The van der Waals surface area contributed by atoms with Crippen molar-refractivity contribution in [2.75, 3.05) is 7.11 Å². The second-order valence-corrected chi connectivity index (χ2v) is 10.2. The monoisotopic (exact) mass is 464 g/mol. The SMILES string of the molecule is COc1ccc(C(C)(C)C)cc1S(=O)(=O)NC(=O)c1ccc2c(-n3cccn3)nccc2c1. The number of nitrogens with zero attached hydrogens (tertiary/aromatic N) is 3. The lowest BCUT2D eigenvalue weighted by Gasteiger charge is -2.21. The molecule has 33 heavy (non-hydrogen) atoms. The van der Waals surface area contributed by atoms with Gasteiger partial charge in [0.25, 0.3) is 15.9 Å². The Labute approximate surface area is 192 Å². The van der Waals surface area contributed by atoms with Crippen molar-refractivity contribution in [3.05, 3.63) is 78.2 Å². The Bertz CT molecular complexity index is 1440. The van der Waals surface area contributed by atoms with E-state index in [4.69, 9.17) is 4.74 Å². The molecule has 2 aromatic heterocycles. The lowest BCUT2D eigenvalue weighted by atomic mass is 9.87. The second kappa shape index (κ2) is 8.32. The van der Waals surface area contributed by atoms with Gasteiger partial charge < -0.3 is 4.74 Å². The maximum atomic E-state index is 13.1. The number of rotatable bonds is 5. The van der Waals surface area contributed by atoms with Crippen molar-refractivity contribution >= 4 is 26.7 Å². The van der Waals surface area contributed by atoms with Crippen molar-refractivity contribution in [3.63, 3.8) is 0 Å². The summed E-state index contributed by atoms with van der Waals surface area (Å²) in [6, 6.07) is 13.4. The first-order valence-corrected chi connectivity index (χ1v) is 11.7. The number of amides is 1. The number of benzene rings is 2. The van der Waals surface area contributed by atoms with Gasteiger partial charge in [-0.3, -0.25) is 4.79 Å². The van der Waals surface area contributed by atoms with Gasteiger partial charge in [-0.2, -0.15) is 5.10 Å². The normalized spacial score (nSPS) is 12.0. The summed E-state index contributed by atoms with van der Waals surface area (Å²) in [5.41, 5.74) is 0.731. The molecule has 0 atom stereocenters. The molecule has 0 saturated carbocycles. The first kappa shape index (κ1) is 22.5. The largest absolute Gasteiger partial charge is 0.495 e. The van der Waals surface area contributed by atoms with Crippen LogP contribution in [-0.2, 0) is 15.4 Å². The fraction of sp³-hybridized carbons (Fsp3) is 0.208. The summed E-state index contributed by atoms with van der Waals surface area (Å²) in [7, 11) is -2.79. The van der Waals surface area contributed by atoms with Crippen LogP contribution in [0.1, 0.15) is 36.7 Å². The first-order valence-electron chi connectivity index (χ1n) is 10.2. The molecular weight excluding hydrogens is 440 g/mol. The highest BCUT2D eigenvalue weighted by Gasteiger charge is 2.26. The van der Waals surface area contributed by atoms with Gasteiger partial charge in [0.05, 0.1) is 7.11 Å². The van der Waals surface area contributed by atoms with Crippen LogP contribution >= 0.6 is 0 Å². The summed E-state index contributed by atoms with van der Waals surface area (Å²) in [4.78, 5) is 17.2. The number of aromatic nitrogens is 3. The number of hydrogen-bond donors (Lipinski definition) is 1. The molecule has 1 amide bonds. The molecule has 0 spiro atoms. The molecule has 9 heteroatoms. The molecule has 4 rings (SSSR count). The number of carbonyl (C=O) groups excluding carboxylic acids is 1. The molecule has 0 aliphatic rings. The third-order valence-electron chi connectivity index (χ3n) is 5.27. The number of ether oxygens (including phenoxy) is 1. The van der Waals surface area contributed by atoms with Gasteiger partial charge in [0, 0.05) is 29.5 Å². The van der Waals surface area contributed by atoms with E-state index in [2.05, 4.69) is 14.8 Å². The fourth-order valence-corrected chi connectivity index (χ4v) is 4.64. The summed E-state index contributed by atoms with van der Waals surface area (Å²) < 4.78 is 35.3. The molecule has 0 aliphatic carbocycles. The van der Waals surface area contributed by atoms with Crippen molar-refractivity contribution in [1.82, 2.24) is 19.5 Å². The molecule has 2 aromatic carbocycles. The summed E-state index contributed by atoms with van der Waals surface area (Å²) >= 11 is 0. The molecule has 170 valence electrons. The minimum atomic E-state index is -4.18. The van der Waals surface area contributed by atoms with Crippen molar-refractivity contribution < 1.29 is 17.9 Å². The Balaban J connectivity index is 1.68. The predicted molar refractivity (Wildman–Crippen MR) is 125 cm³/mol. The second-order valence-electron chi connectivity index (χ2n) is 8.57. The Morgan fingerprint density at radius 2 is 1.85 bits per heavy atom. The van der Waals surface area contributed by atoms with Gasteiger partial charge in [0.1, 0.15) is 10.6 Å². The van der Waals surface area contributed by atoms with E-state index < -0.39 is 15.9 Å². The van der Waals surface area contributed by atoms with Crippen LogP contribution in [-0.4, -0.2) is 36.2 Å². The van der Waals surface area contributed by atoms with Crippen LogP contribution < -0.4 is 9.46 Å². The number of methoxy groups -OCH3 is 1. The number of fused-ring (bicyclic) bond motifs is 1. The third-order valence-corrected chi connectivity index (χ3v) is 6.63. The van der Waals surface area contributed by atoms with E-state index in [-0.39, 0.29) is 21.6 Å². The van der Waals surface area contributed by atoms with E-state index in [1.54, 1.807) is 59.7 Å². The Morgan fingerprint density at radius 1 is 1.06 bits per heavy atom. The topological polar surface area (TPSA) is 103 Å². The number of sulfonamides is 1. The lowest BCUT2D eigenvalue weighted by Crippen LogP contribution is -2.31. The van der Waals surface area contributed by atoms with Gasteiger partial charge in [-0.25, -0.2) is 22.8 Å². The van der Waals surface area contributed by atoms with Crippen LogP contribution in [0.25, 0.3) is 16.6 Å². The Morgan fingerprint density at radius 3 is 2.52 bits per heavy atom. The van der Waals surface area contributed by atoms with E-state index in [1.165, 1.54) is 13.2 Å². The fourth-order valence-electron chi connectivity index (χ4n) is 3.47. The predicted octanol–water partition coefficient (Wildman–Crippen LogP) is 3.85. The van der Waals surface area contributed by atoms with E-state index in [0.29, 0.717) is 5.82 Å². The highest BCUT2D eigenvalue weighted by atomic mass is 32.2. The van der Waals surface area contributed by atoms with Crippen LogP contribution in [0.3, 0.4) is 0 Å². The highest BCUT2D eigenvalue weighted by Crippen LogP contribution is 2.31. The summed E-state index contributed by atoms with van der Waals surface area (Å²) in [5, 5.41) is 5.71. The van der Waals surface area contributed by atoms with Gasteiger partial charge in [0.2, 0.25) is 0 Å². The molecular formula is C24H24N4O4S. The lowest BCUT2D eigenvalue weighted by molar-refractivity contribution is 0.0981.